The Hall–Kier alpha value is -1.62. The number of carbonyl (C=O) groups excluding carboxylic acids is 1. The van der Waals surface area contributed by atoms with Crippen LogP contribution < -0.4 is 16.2 Å². The van der Waals surface area contributed by atoms with Crippen molar-refractivity contribution in [2.24, 2.45) is 11.5 Å². The maximum Gasteiger partial charge on any atom is 0.254 e. The van der Waals surface area contributed by atoms with Gasteiger partial charge in [0.05, 0.1) is 0 Å². The van der Waals surface area contributed by atoms with Gasteiger partial charge in [0, 0.05) is 11.2 Å². The van der Waals surface area contributed by atoms with Gasteiger partial charge in [-0.3, -0.25) is 4.79 Å². The first-order chi connectivity index (χ1) is 8.26. The van der Waals surface area contributed by atoms with Crippen LogP contribution in [-0.4, -0.2) is 23.0 Å². The first-order valence-electron chi connectivity index (χ1n) is 5.96. The van der Waals surface area contributed by atoms with E-state index in [4.69, 9.17) is 16.2 Å². The van der Waals surface area contributed by atoms with Crippen molar-refractivity contribution in [2.75, 3.05) is 6.61 Å². The summed E-state index contributed by atoms with van der Waals surface area (Å²) in [4.78, 5) is 15.6. The van der Waals surface area contributed by atoms with Crippen molar-refractivity contribution in [2.45, 2.75) is 39.7 Å². The Labute approximate surface area is 108 Å². The lowest BCUT2D eigenvalue weighted by Crippen LogP contribution is -2.42. The molecule has 1 amide bonds. The second kappa shape index (κ2) is 5.35. The third-order valence-corrected chi connectivity index (χ3v) is 2.90. The van der Waals surface area contributed by atoms with Gasteiger partial charge in [-0.05, 0) is 38.8 Å². The number of aryl methyl sites for hydroxylation is 2. The van der Waals surface area contributed by atoms with Gasteiger partial charge in [0.25, 0.3) is 5.91 Å². The highest BCUT2D eigenvalue weighted by Crippen LogP contribution is 2.21. The maximum atomic E-state index is 11.4. The minimum absolute atomic E-state index is 0.269. The molecule has 0 bridgehead atoms. The molecule has 0 aliphatic rings. The monoisotopic (exact) mass is 251 g/mol. The van der Waals surface area contributed by atoms with Crippen LogP contribution in [0.2, 0.25) is 0 Å². The standard InChI is InChI=1S/C13H21N3O2/c1-5-13(4,15)7-18-12-10(11(14)17)8(2)6-9(3)16-12/h6H,5,7,15H2,1-4H3,(H2,14,17). The lowest BCUT2D eigenvalue weighted by atomic mass is 10.0. The lowest BCUT2D eigenvalue weighted by Gasteiger charge is -2.23. The third kappa shape index (κ3) is 3.43. The zero-order valence-electron chi connectivity index (χ0n) is 11.4. The Morgan fingerprint density at radius 1 is 1.50 bits per heavy atom. The molecule has 1 unspecified atom stereocenters. The molecule has 5 nitrogen and oxygen atoms in total. The fourth-order valence-corrected chi connectivity index (χ4v) is 1.54. The van der Waals surface area contributed by atoms with E-state index in [1.165, 1.54) is 0 Å². The van der Waals surface area contributed by atoms with Crippen molar-refractivity contribution in [1.82, 2.24) is 4.98 Å². The Balaban J connectivity index is 3.04. The van der Waals surface area contributed by atoms with Crippen LogP contribution in [0, 0.1) is 13.8 Å². The molecule has 1 aromatic rings. The molecule has 0 saturated heterocycles. The van der Waals surface area contributed by atoms with E-state index < -0.39 is 11.4 Å². The van der Waals surface area contributed by atoms with Gasteiger partial charge >= 0.3 is 0 Å². The first-order valence-corrected chi connectivity index (χ1v) is 5.96. The van der Waals surface area contributed by atoms with Crippen LogP contribution in [0.3, 0.4) is 0 Å². The molecule has 1 rings (SSSR count). The number of pyridine rings is 1. The Bertz CT molecular complexity index is 456. The van der Waals surface area contributed by atoms with Crippen LogP contribution in [0.1, 0.15) is 41.9 Å². The van der Waals surface area contributed by atoms with E-state index >= 15 is 0 Å². The van der Waals surface area contributed by atoms with E-state index in [9.17, 15) is 4.79 Å². The van der Waals surface area contributed by atoms with Crippen molar-refractivity contribution in [3.8, 4) is 5.88 Å². The maximum absolute atomic E-state index is 11.4. The molecule has 0 aromatic carbocycles. The number of ether oxygens (including phenoxy) is 1. The molecule has 1 atom stereocenters. The number of rotatable bonds is 5. The predicted octanol–water partition coefficient (Wildman–Crippen LogP) is 1.30. The van der Waals surface area contributed by atoms with Gasteiger partial charge < -0.3 is 16.2 Å². The van der Waals surface area contributed by atoms with Gasteiger partial charge in [0.1, 0.15) is 12.2 Å². The normalized spacial score (nSPS) is 14.1. The summed E-state index contributed by atoms with van der Waals surface area (Å²) in [7, 11) is 0. The fraction of sp³-hybridized carbons (Fsp3) is 0.538. The second-order valence-electron chi connectivity index (χ2n) is 4.92. The van der Waals surface area contributed by atoms with Crippen molar-refractivity contribution in [3.05, 3.63) is 22.9 Å². The van der Waals surface area contributed by atoms with Crippen molar-refractivity contribution < 1.29 is 9.53 Å². The largest absolute Gasteiger partial charge is 0.475 e. The molecule has 1 heterocycles. The number of hydrogen-bond acceptors (Lipinski definition) is 4. The summed E-state index contributed by atoms with van der Waals surface area (Å²) in [6.45, 7) is 7.81. The van der Waals surface area contributed by atoms with E-state index in [0.717, 1.165) is 17.7 Å². The van der Waals surface area contributed by atoms with Crippen molar-refractivity contribution in [1.29, 1.82) is 0 Å². The van der Waals surface area contributed by atoms with Gasteiger partial charge in [-0.1, -0.05) is 6.92 Å². The molecular formula is C13H21N3O2. The van der Waals surface area contributed by atoms with Gasteiger partial charge in [-0.2, -0.15) is 0 Å². The quantitative estimate of drug-likeness (QED) is 0.825. The van der Waals surface area contributed by atoms with Gasteiger partial charge in [-0.25, -0.2) is 4.98 Å². The Morgan fingerprint density at radius 2 is 2.11 bits per heavy atom. The molecule has 0 aliphatic heterocycles. The first kappa shape index (κ1) is 14.4. The van der Waals surface area contributed by atoms with E-state index in [1.54, 1.807) is 6.07 Å². The van der Waals surface area contributed by atoms with Crippen LogP contribution in [0.5, 0.6) is 5.88 Å². The summed E-state index contributed by atoms with van der Waals surface area (Å²) in [5.74, 6) is -0.268. The minimum Gasteiger partial charge on any atom is -0.475 e. The molecule has 1 aromatic heterocycles. The molecule has 0 saturated carbocycles. The number of nitrogens with two attached hydrogens (primary N) is 2. The topological polar surface area (TPSA) is 91.2 Å². The van der Waals surface area contributed by atoms with E-state index in [0.29, 0.717) is 12.2 Å². The Kier molecular flexibility index (Phi) is 4.29. The second-order valence-corrected chi connectivity index (χ2v) is 4.92. The molecule has 0 spiro atoms. The minimum atomic E-state index is -0.537. The van der Waals surface area contributed by atoms with Crippen LogP contribution in [0.15, 0.2) is 6.07 Å². The van der Waals surface area contributed by atoms with E-state index in [1.807, 2.05) is 27.7 Å². The van der Waals surface area contributed by atoms with Gasteiger partial charge in [0.15, 0.2) is 0 Å². The summed E-state index contributed by atoms with van der Waals surface area (Å²) in [5.41, 5.74) is 12.8. The molecule has 0 aliphatic carbocycles. The van der Waals surface area contributed by atoms with E-state index in [2.05, 4.69) is 4.98 Å². The molecule has 18 heavy (non-hydrogen) atoms. The highest BCUT2D eigenvalue weighted by Gasteiger charge is 2.20. The average Bonchev–Trinajstić information content (AvgIpc) is 2.25. The number of hydrogen-bond donors (Lipinski definition) is 2. The highest BCUT2D eigenvalue weighted by molar-refractivity contribution is 5.96. The fourth-order valence-electron chi connectivity index (χ4n) is 1.54. The zero-order valence-corrected chi connectivity index (χ0v) is 11.4. The summed E-state index contributed by atoms with van der Waals surface area (Å²) < 4.78 is 5.58. The predicted molar refractivity (Wildman–Crippen MR) is 70.6 cm³/mol. The summed E-state index contributed by atoms with van der Waals surface area (Å²) >= 11 is 0. The number of aromatic nitrogens is 1. The molecule has 5 heteroatoms. The number of primary amides is 1. The highest BCUT2D eigenvalue weighted by atomic mass is 16.5. The molecule has 0 radical (unpaired) electrons. The smallest absolute Gasteiger partial charge is 0.254 e. The van der Waals surface area contributed by atoms with Crippen molar-refractivity contribution in [3.63, 3.8) is 0 Å². The van der Waals surface area contributed by atoms with Crippen LogP contribution >= 0.6 is 0 Å². The summed E-state index contributed by atoms with van der Waals surface area (Å²) in [5, 5.41) is 0. The van der Waals surface area contributed by atoms with Crippen LogP contribution in [-0.2, 0) is 0 Å². The molecule has 100 valence electrons. The van der Waals surface area contributed by atoms with Crippen molar-refractivity contribution >= 4 is 5.91 Å². The molecule has 0 fully saturated rings. The number of amides is 1. The third-order valence-electron chi connectivity index (χ3n) is 2.90. The average molecular weight is 251 g/mol. The van der Waals surface area contributed by atoms with Gasteiger partial charge in [0.2, 0.25) is 5.88 Å². The number of nitrogens with zero attached hydrogens (tertiary/aromatic N) is 1. The van der Waals surface area contributed by atoms with Crippen LogP contribution in [0.4, 0.5) is 0 Å². The summed E-state index contributed by atoms with van der Waals surface area (Å²) in [6.07, 6.45) is 0.768. The van der Waals surface area contributed by atoms with E-state index in [-0.39, 0.29) is 5.88 Å². The van der Waals surface area contributed by atoms with Gasteiger partial charge in [-0.15, -0.1) is 0 Å². The SMILES string of the molecule is CCC(C)(N)COc1nc(C)cc(C)c1C(N)=O. The van der Waals surface area contributed by atoms with Crippen LogP contribution in [0.25, 0.3) is 0 Å². The molecular weight excluding hydrogens is 230 g/mol. The Morgan fingerprint density at radius 3 is 2.61 bits per heavy atom. The zero-order chi connectivity index (χ0) is 13.9. The summed E-state index contributed by atoms with van der Waals surface area (Å²) in [6, 6.07) is 1.80. The number of carbonyl (C=O) groups is 1. The molecule has 4 N–H and O–H groups in total. The lowest BCUT2D eigenvalue weighted by molar-refractivity contribution is 0.0992.